The first kappa shape index (κ1) is 16.1. The van der Waals surface area contributed by atoms with E-state index in [0.29, 0.717) is 5.69 Å². The number of hydrogen-bond acceptors (Lipinski definition) is 6. The van der Waals surface area contributed by atoms with E-state index < -0.39 is 0 Å². The molecule has 1 amide bonds. The number of pyridine rings is 1. The molecule has 8 heteroatoms. The molecule has 128 valence electrons. The number of benzene rings is 1. The molecule has 0 saturated carbocycles. The van der Waals surface area contributed by atoms with E-state index in [2.05, 4.69) is 20.3 Å². The molecular formula is C18H13N5O2S. The van der Waals surface area contributed by atoms with E-state index in [1.807, 2.05) is 24.3 Å². The highest BCUT2D eigenvalue weighted by molar-refractivity contribution is 7.21. The number of aromatic nitrogens is 4. The van der Waals surface area contributed by atoms with Crippen LogP contribution in [0.5, 0.6) is 0 Å². The zero-order valence-corrected chi connectivity index (χ0v) is 14.3. The SMILES string of the molecule is O=C(Cn1cnccc1=O)Nc1ccc(-c2nc3cccnc3s2)cc1. The molecule has 0 fully saturated rings. The van der Waals surface area contributed by atoms with Crippen molar-refractivity contribution in [1.82, 2.24) is 19.5 Å². The molecule has 0 radical (unpaired) electrons. The van der Waals surface area contributed by atoms with Gasteiger partial charge in [-0.1, -0.05) is 11.3 Å². The van der Waals surface area contributed by atoms with Crippen molar-refractivity contribution in [2.45, 2.75) is 6.54 Å². The minimum Gasteiger partial charge on any atom is -0.325 e. The molecule has 0 spiro atoms. The van der Waals surface area contributed by atoms with Gasteiger partial charge in [-0.2, -0.15) is 0 Å². The number of carbonyl (C=O) groups is 1. The van der Waals surface area contributed by atoms with E-state index in [0.717, 1.165) is 20.9 Å². The van der Waals surface area contributed by atoms with Crippen LogP contribution in [-0.2, 0) is 11.3 Å². The van der Waals surface area contributed by atoms with Crippen molar-refractivity contribution >= 4 is 33.3 Å². The van der Waals surface area contributed by atoms with E-state index in [-0.39, 0.29) is 18.0 Å². The number of fused-ring (bicyclic) bond motifs is 1. The maximum atomic E-state index is 12.1. The van der Waals surface area contributed by atoms with Crippen LogP contribution in [0.1, 0.15) is 0 Å². The third kappa shape index (κ3) is 3.35. The van der Waals surface area contributed by atoms with Crippen molar-refractivity contribution in [2.75, 3.05) is 5.32 Å². The van der Waals surface area contributed by atoms with E-state index in [1.165, 1.54) is 34.5 Å². The first-order valence-corrected chi connectivity index (χ1v) is 8.63. The molecule has 1 N–H and O–H groups in total. The molecule has 1 aromatic carbocycles. The maximum absolute atomic E-state index is 12.1. The second-order valence-electron chi connectivity index (χ2n) is 5.52. The Bertz CT molecular complexity index is 1100. The minimum atomic E-state index is -0.294. The van der Waals surface area contributed by atoms with Crippen molar-refractivity contribution in [1.29, 1.82) is 0 Å². The fourth-order valence-electron chi connectivity index (χ4n) is 2.44. The lowest BCUT2D eigenvalue weighted by atomic mass is 10.2. The molecular weight excluding hydrogens is 350 g/mol. The Morgan fingerprint density at radius 3 is 2.73 bits per heavy atom. The minimum absolute atomic E-state index is 0.0854. The fourth-order valence-corrected chi connectivity index (χ4v) is 3.35. The summed E-state index contributed by atoms with van der Waals surface area (Å²) in [7, 11) is 0. The highest BCUT2D eigenvalue weighted by Gasteiger charge is 2.08. The maximum Gasteiger partial charge on any atom is 0.253 e. The second-order valence-corrected chi connectivity index (χ2v) is 6.50. The number of nitrogens with one attached hydrogen (secondary N) is 1. The number of anilines is 1. The molecule has 4 rings (SSSR count). The third-order valence-corrected chi connectivity index (χ3v) is 4.72. The molecule has 3 heterocycles. The first-order chi connectivity index (χ1) is 12.7. The Morgan fingerprint density at radius 2 is 1.96 bits per heavy atom. The number of thiazole rings is 1. The lowest BCUT2D eigenvalue weighted by molar-refractivity contribution is -0.116. The molecule has 0 bridgehead atoms. The molecule has 26 heavy (non-hydrogen) atoms. The normalized spacial score (nSPS) is 10.8. The Labute approximate surface area is 152 Å². The Balaban J connectivity index is 1.48. The van der Waals surface area contributed by atoms with Gasteiger partial charge in [0, 0.05) is 29.7 Å². The van der Waals surface area contributed by atoms with Crippen LogP contribution in [0.3, 0.4) is 0 Å². The molecule has 3 aromatic heterocycles. The zero-order valence-electron chi connectivity index (χ0n) is 13.5. The van der Waals surface area contributed by atoms with Gasteiger partial charge in [-0.05, 0) is 36.4 Å². The Kier molecular flexibility index (Phi) is 4.24. The van der Waals surface area contributed by atoms with Gasteiger partial charge in [0.25, 0.3) is 5.56 Å². The van der Waals surface area contributed by atoms with Crippen LogP contribution < -0.4 is 10.9 Å². The first-order valence-electron chi connectivity index (χ1n) is 7.81. The molecule has 0 atom stereocenters. The summed E-state index contributed by atoms with van der Waals surface area (Å²) in [5.41, 5.74) is 2.20. The van der Waals surface area contributed by atoms with E-state index in [1.54, 1.807) is 18.3 Å². The topological polar surface area (TPSA) is 89.8 Å². The predicted octanol–water partition coefficient (Wildman–Crippen LogP) is 2.55. The van der Waals surface area contributed by atoms with Gasteiger partial charge in [-0.25, -0.2) is 15.0 Å². The average Bonchev–Trinajstić information content (AvgIpc) is 3.08. The van der Waals surface area contributed by atoms with Crippen LogP contribution >= 0.6 is 11.3 Å². The third-order valence-electron chi connectivity index (χ3n) is 3.69. The van der Waals surface area contributed by atoms with Crippen LogP contribution in [0.15, 0.2) is 66.0 Å². The largest absolute Gasteiger partial charge is 0.325 e. The Hall–Kier alpha value is -3.39. The molecule has 0 unspecified atom stereocenters. The van der Waals surface area contributed by atoms with Crippen molar-refractivity contribution in [3.05, 3.63) is 71.5 Å². The van der Waals surface area contributed by atoms with Crippen molar-refractivity contribution in [3.8, 4) is 10.6 Å². The average molecular weight is 363 g/mol. The highest BCUT2D eigenvalue weighted by atomic mass is 32.1. The van der Waals surface area contributed by atoms with Crippen molar-refractivity contribution in [2.24, 2.45) is 0 Å². The summed E-state index contributed by atoms with van der Waals surface area (Å²) in [5, 5.41) is 3.64. The van der Waals surface area contributed by atoms with E-state index >= 15 is 0 Å². The summed E-state index contributed by atoms with van der Waals surface area (Å²) < 4.78 is 1.25. The number of amides is 1. The van der Waals surface area contributed by atoms with Gasteiger partial charge in [0.15, 0.2) is 0 Å². The summed E-state index contributed by atoms with van der Waals surface area (Å²) >= 11 is 1.52. The van der Waals surface area contributed by atoms with Gasteiger partial charge >= 0.3 is 0 Å². The Morgan fingerprint density at radius 1 is 1.12 bits per heavy atom. The summed E-state index contributed by atoms with van der Waals surface area (Å²) in [5.74, 6) is -0.294. The molecule has 0 aliphatic rings. The fraction of sp³-hybridized carbons (Fsp3) is 0.0556. The number of carbonyl (C=O) groups excluding carboxylic acids is 1. The number of hydrogen-bond donors (Lipinski definition) is 1. The summed E-state index contributed by atoms with van der Waals surface area (Å²) in [6.45, 7) is -0.0854. The smallest absolute Gasteiger partial charge is 0.253 e. The lowest BCUT2D eigenvalue weighted by Gasteiger charge is -2.07. The zero-order chi connectivity index (χ0) is 17.9. The standard InChI is InChI=1S/C18H13N5O2S/c24-15(10-23-11-19-9-7-16(23)25)21-13-5-3-12(4-6-13)17-22-14-2-1-8-20-18(14)26-17/h1-9,11H,10H2,(H,21,24). The number of nitrogens with zero attached hydrogens (tertiary/aromatic N) is 4. The van der Waals surface area contributed by atoms with Crippen LogP contribution in [0.2, 0.25) is 0 Å². The summed E-state index contributed by atoms with van der Waals surface area (Å²) in [6.07, 6.45) is 4.48. The molecule has 7 nitrogen and oxygen atoms in total. The van der Waals surface area contributed by atoms with Gasteiger partial charge in [0.2, 0.25) is 5.91 Å². The van der Waals surface area contributed by atoms with Crippen LogP contribution in [0, 0.1) is 0 Å². The van der Waals surface area contributed by atoms with E-state index in [9.17, 15) is 9.59 Å². The second kappa shape index (κ2) is 6.85. The summed E-state index contributed by atoms with van der Waals surface area (Å²) in [4.78, 5) is 37.3. The molecule has 0 saturated heterocycles. The van der Waals surface area contributed by atoms with Crippen LogP contribution in [0.4, 0.5) is 5.69 Å². The quantitative estimate of drug-likeness (QED) is 0.602. The van der Waals surface area contributed by atoms with Gasteiger partial charge in [0.1, 0.15) is 21.9 Å². The molecule has 4 aromatic rings. The van der Waals surface area contributed by atoms with Crippen LogP contribution in [0.25, 0.3) is 20.9 Å². The summed E-state index contributed by atoms with van der Waals surface area (Å²) in [6, 6.07) is 12.5. The van der Waals surface area contributed by atoms with Crippen LogP contribution in [-0.4, -0.2) is 25.4 Å². The van der Waals surface area contributed by atoms with Gasteiger partial charge < -0.3 is 5.32 Å². The van der Waals surface area contributed by atoms with Crippen molar-refractivity contribution in [3.63, 3.8) is 0 Å². The number of rotatable bonds is 4. The van der Waals surface area contributed by atoms with Gasteiger partial charge in [-0.15, -0.1) is 0 Å². The van der Waals surface area contributed by atoms with Gasteiger partial charge in [-0.3, -0.25) is 14.2 Å². The predicted molar refractivity (Wildman–Crippen MR) is 100.0 cm³/mol. The molecule has 0 aliphatic carbocycles. The van der Waals surface area contributed by atoms with Gasteiger partial charge in [0.05, 0.1) is 6.33 Å². The lowest BCUT2D eigenvalue weighted by Crippen LogP contribution is -2.26. The van der Waals surface area contributed by atoms with E-state index in [4.69, 9.17) is 0 Å². The molecule has 0 aliphatic heterocycles. The van der Waals surface area contributed by atoms with Crippen molar-refractivity contribution < 1.29 is 4.79 Å². The monoisotopic (exact) mass is 363 g/mol. The highest BCUT2D eigenvalue weighted by Crippen LogP contribution is 2.29.